The number of aliphatic hydroxyl groups excluding tert-OH is 1. The molecule has 0 aliphatic heterocycles. The van der Waals surface area contributed by atoms with Crippen molar-refractivity contribution in [3.8, 4) is 0 Å². The molecule has 10 atom stereocenters. The zero-order valence-corrected chi connectivity index (χ0v) is 22.1. The SMILES string of the molecule is CC(=O)OC1C[C@H]2[C@@H]3CC[C@H]([C@H](C)CCCC(C)C)[C@@]3(C)CC[C@@H]2[C@@]2(C)CCC(O)CC12O. The minimum atomic E-state index is -1.12. The predicted molar refractivity (Wildman–Crippen MR) is 131 cm³/mol. The summed E-state index contributed by atoms with van der Waals surface area (Å²) in [5.74, 6) is 3.63. The van der Waals surface area contributed by atoms with Gasteiger partial charge in [0.15, 0.2) is 0 Å². The molecule has 3 unspecified atom stereocenters. The Bertz CT molecular complexity index is 720. The fourth-order valence-corrected chi connectivity index (χ4v) is 9.60. The van der Waals surface area contributed by atoms with E-state index in [4.69, 9.17) is 4.74 Å². The maximum absolute atomic E-state index is 12.1. The number of ether oxygens (including phenoxy) is 1. The first-order valence-electron chi connectivity index (χ1n) is 14.0. The zero-order chi connectivity index (χ0) is 24.2. The van der Waals surface area contributed by atoms with Gasteiger partial charge in [-0.15, -0.1) is 0 Å². The highest BCUT2D eigenvalue weighted by molar-refractivity contribution is 5.66. The van der Waals surface area contributed by atoms with Crippen molar-refractivity contribution in [1.82, 2.24) is 0 Å². The second-order valence-corrected chi connectivity index (χ2v) is 13.5. The number of carbonyl (C=O) groups is 1. The van der Waals surface area contributed by atoms with Crippen LogP contribution < -0.4 is 0 Å². The molecule has 4 saturated carbocycles. The van der Waals surface area contributed by atoms with Crippen LogP contribution in [0.25, 0.3) is 0 Å². The largest absolute Gasteiger partial charge is 0.459 e. The van der Waals surface area contributed by atoms with Gasteiger partial charge in [0, 0.05) is 18.8 Å². The fourth-order valence-electron chi connectivity index (χ4n) is 9.60. The molecule has 0 aromatic carbocycles. The first-order chi connectivity index (χ1) is 15.4. The molecule has 33 heavy (non-hydrogen) atoms. The van der Waals surface area contributed by atoms with Crippen molar-refractivity contribution in [3.05, 3.63) is 0 Å². The van der Waals surface area contributed by atoms with E-state index in [1.165, 1.54) is 45.4 Å². The summed E-state index contributed by atoms with van der Waals surface area (Å²) in [6, 6.07) is 0. The summed E-state index contributed by atoms with van der Waals surface area (Å²) in [6.45, 7) is 13.4. The van der Waals surface area contributed by atoms with Gasteiger partial charge in [0.2, 0.25) is 0 Å². The average Bonchev–Trinajstić information content (AvgIpc) is 3.07. The van der Waals surface area contributed by atoms with Crippen LogP contribution in [0.2, 0.25) is 0 Å². The van der Waals surface area contributed by atoms with Gasteiger partial charge in [0.05, 0.1) is 6.10 Å². The molecule has 4 aliphatic rings. The van der Waals surface area contributed by atoms with E-state index in [2.05, 4.69) is 34.6 Å². The Morgan fingerprint density at radius 3 is 2.42 bits per heavy atom. The molecule has 0 amide bonds. The van der Waals surface area contributed by atoms with E-state index in [1.807, 2.05) is 0 Å². The first kappa shape index (κ1) is 25.5. The first-order valence-corrected chi connectivity index (χ1v) is 14.0. The standard InChI is InChI=1S/C29H50O4/c1-18(2)8-7-9-19(3)23-10-11-24-22-16-26(33-20(4)30)29(32)17-21(31)12-15-28(29,6)25(22)13-14-27(23,24)5/h18-19,21-26,31-32H,7-17H2,1-6H3/t19-,21?,22+,23-,24+,25+,26?,27-,28-,29?/m1/s1. The average molecular weight is 463 g/mol. The number of hydrogen-bond donors (Lipinski definition) is 2. The lowest BCUT2D eigenvalue weighted by Gasteiger charge is -2.65. The van der Waals surface area contributed by atoms with Gasteiger partial charge in [0.25, 0.3) is 0 Å². The molecule has 0 aromatic rings. The van der Waals surface area contributed by atoms with E-state index in [-0.39, 0.29) is 11.4 Å². The molecule has 0 radical (unpaired) electrons. The Hall–Kier alpha value is -0.610. The van der Waals surface area contributed by atoms with Crippen LogP contribution in [0.15, 0.2) is 0 Å². The third kappa shape index (κ3) is 4.20. The Morgan fingerprint density at radius 2 is 1.76 bits per heavy atom. The van der Waals surface area contributed by atoms with Crippen molar-refractivity contribution < 1.29 is 19.7 Å². The van der Waals surface area contributed by atoms with E-state index in [9.17, 15) is 15.0 Å². The maximum Gasteiger partial charge on any atom is 0.303 e. The molecule has 0 saturated heterocycles. The highest BCUT2D eigenvalue weighted by atomic mass is 16.6. The van der Waals surface area contributed by atoms with Crippen LogP contribution in [0.3, 0.4) is 0 Å². The van der Waals surface area contributed by atoms with E-state index in [1.54, 1.807) is 0 Å². The lowest BCUT2D eigenvalue weighted by molar-refractivity contribution is -0.269. The molecular formula is C29H50O4. The molecule has 4 nitrogen and oxygen atoms in total. The van der Waals surface area contributed by atoms with Gasteiger partial charge in [-0.05, 0) is 85.9 Å². The molecule has 0 heterocycles. The summed E-state index contributed by atoms with van der Waals surface area (Å²) in [4.78, 5) is 12.1. The topological polar surface area (TPSA) is 66.8 Å². The minimum absolute atomic E-state index is 0.294. The van der Waals surface area contributed by atoms with E-state index < -0.39 is 17.8 Å². The summed E-state index contributed by atoms with van der Waals surface area (Å²) >= 11 is 0. The second-order valence-electron chi connectivity index (χ2n) is 13.5. The molecule has 2 N–H and O–H groups in total. The van der Waals surface area contributed by atoms with Gasteiger partial charge in [-0.2, -0.15) is 0 Å². The quantitative estimate of drug-likeness (QED) is 0.466. The molecule has 4 heteroatoms. The molecular weight excluding hydrogens is 412 g/mol. The van der Waals surface area contributed by atoms with Gasteiger partial charge >= 0.3 is 5.97 Å². The van der Waals surface area contributed by atoms with Crippen molar-refractivity contribution in [2.75, 3.05) is 0 Å². The normalized spacial score (nSPS) is 48.0. The second kappa shape index (κ2) is 9.12. The number of hydrogen-bond acceptors (Lipinski definition) is 4. The molecule has 0 aromatic heterocycles. The van der Waals surface area contributed by atoms with Crippen LogP contribution >= 0.6 is 0 Å². The van der Waals surface area contributed by atoms with Gasteiger partial charge in [-0.3, -0.25) is 4.79 Å². The number of aliphatic hydroxyl groups is 2. The molecule has 0 spiro atoms. The molecule has 4 aliphatic carbocycles. The number of rotatable bonds is 6. The van der Waals surface area contributed by atoms with Crippen LogP contribution in [0.4, 0.5) is 0 Å². The monoisotopic (exact) mass is 462 g/mol. The van der Waals surface area contributed by atoms with Crippen LogP contribution in [0.1, 0.15) is 112 Å². The van der Waals surface area contributed by atoms with Crippen molar-refractivity contribution in [3.63, 3.8) is 0 Å². The molecule has 0 bridgehead atoms. The number of fused-ring (bicyclic) bond motifs is 5. The lowest BCUT2D eigenvalue weighted by atomic mass is 9.42. The fraction of sp³-hybridized carbons (Fsp3) is 0.966. The van der Waals surface area contributed by atoms with Crippen molar-refractivity contribution in [2.45, 2.75) is 130 Å². The zero-order valence-electron chi connectivity index (χ0n) is 22.1. The number of esters is 1. The van der Waals surface area contributed by atoms with Crippen LogP contribution in [-0.4, -0.2) is 34.0 Å². The van der Waals surface area contributed by atoms with Gasteiger partial charge < -0.3 is 14.9 Å². The van der Waals surface area contributed by atoms with Crippen LogP contribution in [0, 0.1) is 46.3 Å². The molecule has 4 fully saturated rings. The van der Waals surface area contributed by atoms with E-state index >= 15 is 0 Å². The van der Waals surface area contributed by atoms with Crippen LogP contribution in [-0.2, 0) is 9.53 Å². The van der Waals surface area contributed by atoms with Crippen molar-refractivity contribution in [1.29, 1.82) is 0 Å². The summed E-state index contributed by atoms with van der Waals surface area (Å²) in [5.41, 5.74) is -1.05. The van der Waals surface area contributed by atoms with Crippen LogP contribution in [0.5, 0.6) is 0 Å². The Morgan fingerprint density at radius 1 is 1.03 bits per heavy atom. The van der Waals surface area contributed by atoms with Crippen molar-refractivity contribution in [2.24, 2.45) is 46.3 Å². The van der Waals surface area contributed by atoms with Gasteiger partial charge in [0.1, 0.15) is 11.7 Å². The van der Waals surface area contributed by atoms with E-state index in [0.29, 0.717) is 29.6 Å². The minimum Gasteiger partial charge on any atom is -0.459 e. The molecule has 190 valence electrons. The Balaban J connectivity index is 1.58. The third-order valence-electron chi connectivity index (χ3n) is 11.3. The molecule has 4 rings (SSSR count). The summed E-state index contributed by atoms with van der Waals surface area (Å²) in [6.07, 6.45) is 10.7. The third-order valence-corrected chi connectivity index (χ3v) is 11.3. The smallest absolute Gasteiger partial charge is 0.303 e. The van der Waals surface area contributed by atoms with Crippen molar-refractivity contribution >= 4 is 5.97 Å². The maximum atomic E-state index is 12.1. The highest BCUT2D eigenvalue weighted by Crippen LogP contribution is 2.69. The highest BCUT2D eigenvalue weighted by Gasteiger charge is 2.68. The predicted octanol–water partition coefficient (Wildman–Crippen LogP) is 6.13. The van der Waals surface area contributed by atoms with E-state index in [0.717, 1.165) is 43.4 Å². The van der Waals surface area contributed by atoms with Gasteiger partial charge in [-0.25, -0.2) is 0 Å². The van der Waals surface area contributed by atoms with Gasteiger partial charge in [-0.1, -0.05) is 53.9 Å². The summed E-state index contributed by atoms with van der Waals surface area (Å²) < 4.78 is 5.86. The Labute approximate surface area is 202 Å². The Kier molecular flexibility index (Phi) is 7.04. The summed E-state index contributed by atoms with van der Waals surface area (Å²) in [7, 11) is 0. The number of carbonyl (C=O) groups excluding carboxylic acids is 1. The summed E-state index contributed by atoms with van der Waals surface area (Å²) in [5, 5.41) is 22.5. The lowest BCUT2D eigenvalue weighted by Crippen LogP contribution is -2.69.